The first-order valence-corrected chi connectivity index (χ1v) is 9.03. The van der Waals surface area contributed by atoms with Gasteiger partial charge in [-0.25, -0.2) is 4.98 Å². The minimum absolute atomic E-state index is 0.355. The molecule has 5 heteroatoms. The lowest BCUT2D eigenvalue weighted by atomic mass is 9.85. The van der Waals surface area contributed by atoms with Crippen LogP contribution in [0.25, 0.3) is 11.1 Å². The number of imidazole rings is 1. The van der Waals surface area contributed by atoms with Gasteiger partial charge in [-0.1, -0.05) is 36.4 Å². The van der Waals surface area contributed by atoms with Crippen molar-refractivity contribution in [1.82, 2.24) is 14.5 Å². The van der Waals surface area contributed by atoms with Crippen LogP contribution in [-0.2, 0) is 12.1 Å². The molecule has 2 heterocycles. The molecule has 0 radical (unpaired) electrons. The molecule has 0 saturated heterocycles. The fraction of sp³-hybridized carbons (Fsp3) is 0.130. The van der Waals surface area contributed by atoms with Crippen LogP contribution < -0.4 is 4.74 Å². The third kappa shape index (κ3) is 3.52. The molecular formula is C23H21N3O2. The number of hydrogen-bond donors (Lipinski definition) is 1. The second kappa shape index (κ2) is 7.66. The van der Waals surface area contributed by atoms with Gasteiger partial charge in [0.2, 0.25) is 0 Å². The molecule has 0 aliphatic carbocycles. The maximum absolute atomic E-state index is 11.8. The minimum atomic E-state index is -1.20. The average molecular weight is 371 g/mol. The second-order valence-corrected chi connectivity index (χ2v) is 6.64. The van der Waals surface area contributed by atoms with E-state index in [4.69, 9.17) is 4.74 Å². The molecule has 0 aliphatic heterocycles. The molecular weight excluding hydrogens is 350 g/mol. The predicted octanol–water partition coefficient (Wildman–Crippen LogP) is 3.89. The predicted molar refractivity (Wildman–Crippen MR) is 108 cm³/mol. The highest BCUT2D eigenvalue weighted by molar-refractivity contribution is 5.63. The molecule has 0 spiro atoms. The van der Waals surface area contributed by atoms with E-state index in [-0.39, 0.29) is 0 Å². The summed E-state index contributed by atoms with van der Waals surface area (Å²) in [6.45, 7) is 0.355. The Bertz CT molecular complexity index is 1010. The lowest BCUT2D eigenvalue weighted by Gasteiger charge is -2.30. The van der Waals surface area contributed by atoms with Crippen LogP contribution in [0.3, 0.4) is 0 Å². The quantitative estimate of drug-likeness (QED) is 0.559. The second-order valence-electron chi connectivity index (χ2n) is 6.64. The maximum atomic E-state index is 11.8. The van der Waals surface area contributed by atoms with Gasteiger partial charge in [0, 0.05) is 24.8 Å². The van der Waals surface area contributed by atoms with Crippen LogP contribution in [0, 0.1) is 0 Å². The first-order chi connectivity index (χ1) is 13.7. The summed E-state index contributed by atoms with van der Waals surface area (Å²) in [5, 5.41) is 11.8. The Morgan fingerprint density at radius 2 is 1.43 bits per heavy atom. The molecule has 1 unspecified atom stereocenters. The lowest BCUT2D eigenvalue weighted by Crippen LogP contribution is -2.32. The van der Waals surface area contributed by atoms with Crippen molar-refractivity contribution in [3.63, 3.8) is 0 Å². The summed E-state index contributed by atoms with van der Waals surface area (Å²) in [7, 11) is 1.63. The number of aliphatic hydroxyl groups is 1. The highest BCUT2D eigenvalue weighted by Gasteiger charge is 2.32. The number of ether oxygens (including phenoxy) is 1. The molecule has 4 rings (SSSR count). The molecule has 0 bridgehead atoms. The molecule has 0 amide bonds. The number of benzene rings is 2. The zero-order valence-corrected chi connectivity index (χ0v) is 15.6. The molecule has 1 N–H and O–H groups in total. The van der Waals surface area contributed by atoms with E-state index >= 15 is 0 Å². The number of methoxy groups -OCH3 is 1. The Hall–Kier alpha value is -3.44. The van der Waals surface area contributed by atoms with Crippen molar-refractivity contribution in [3.8, 4) is 16.9 Å². The summed E-state index contributed by atoms with van der Waals surface area (Å²) in [5.41, 5.74) is 2.56. The van der Waals surface area contributed by atoms with E-state index < -0.39 is 5.60 Å². The van der Waals surface area contributed by atoms with Gasteiger partial charge in [0.1, 0.15) is 11.4 Å². The van der Waals surface area contributed by atoms with Gasteiger partial charge in [-0.15, -0.1) is 0 Å². The normalized spacial score (nSPS) is 13.1. The SMILES string of the molecule is COc1ccc(C(O)(Cn2ccnc2)c2ccc(-c3ccncc3)cc2)cc1. The third-order valence-electron chi connectivity index (χ3n) is 4.91. The summed E-state index contributed by atoms with van der Waals surface area (Å²) in [5.74, 6) is 0.752. The van der Waals surface area contributed by atoms with Gasteiger partial charge >= 0.3 is 0 Å². The Kier molecular flexibility index (Phi) is 4.91. The first kappa shape index (κ1) is 17.9. The van der Waals surface area contributed by atoms with Crippen LogP contribution >= 0.6 is 0 Å². The van der Waals surface area contributed by atoms with Gasteiger partial charge in [-0.3, -0.25) is 4.98 Å². The van der Waals surface area contributed by atoms with Gasteiger partial charge in [0.25, 0.3) is 0 Å². The van der Waals surface area contributed by atoms with Crippen LogP contribution in [0.15, 0.2) is 91.8 Å². The van der Waals surface area contributed by atoms with E-state index in [1.54, 1.807) is 32.0 Å². The number of nitrogens with zero attached hydrogens (tertiary/aromatic N) is 3. The molecule has 1 atom stereocenters. The largest absolute Gasteiger partial charge is 0.497 e. The maximum Gasteiger partial charge on any atom is 0.132 e. The Balaban J connectivity index is 1.74. The molecule has 140 valence electrons. The molecule has 0 fully saturated rings. The van der Waals surface area contributed by atoms with Crippen LogP contribution in [0.4, 0.5) is 0 Å². The summed E-state index contributed by atoms with van der Waals surface area (Å²) in [6.07, 6.45) is 8.81. The number of rotatable bonds is 6. The molecule has 0 saturated carbocycles. The molecule has 5 nitrogen and oxygen atoms in total. The zero-order valence-electron chi connectivity index (χ0n) is 15.6. The van der Waals surface area contributed by atoms with Crippen molar-refractivity contribution in [2.75, 3.05) is 7.11 Å². The molecule has 2 aromatic carbocycles. The highest BCUT2D eigenvalue weighted by atomic mass is 16.5. The van der Waals surface area contributed by atoms with E-state index in [1.807, 2.05) is 71.4 Å². The van der Waals surface area contributed by atoms with Crippen LogP contribution in [0.2, 0.25) is 0 Å². The summed E-state index contributed by atoms with van der Waals surface area (Å²) >= 11 is 0. The molecule has 4 aromatic rings. The molecule has 2 aromatic heterocycles. The highest BCUT2D eigenvalue weighted by Crippen LogP contribution is 2.34. The van der Waals surface area contributed by atoms with Crippen molar-refractivity contribution in [2.24, 2.45) is 0 Å². The summed E-state index contributed by atoms with van der Waals surface area (Å²) in [4.78, 5) is 8.17. The van der Waals surface area contributed by atoms with E-state index in [0.717, 1.165) is 28.0 Å². The zero-order chi connectivity index (χ0) is 19.4. The Morgan fingerprint density at radius 3 is 2.00 bits per heavy atom. The summed E-state index contributed by atoms with van der Waals surface area (Å²) in [6, 6.07) is 19.4. The van der Waals surface area contributed by atoms with Crippen LogP contribution in [0.5, 0.6) is 5.75 Å². The van der Waals surface area contributed by atoms with E-state index in [1.165, 1.54) is 0 Å². The monoisotopic (exact) mass is 371 g/mol. The topological polar surface area (TPSA) is 60.2 Å². The van der Waals surface area contributed by atoms with E-state index in [0.29, 0.717) is 6.54 Å². The van der Waals surface area contributed by atoms with Gasteiger partial charge in [-0.2, -0.15) is 0 Å². The standard InChI is InChI=1S/C23H21N3O2/c1-28-22-8-6-21(7-9-22)23(27,16-26-15-14-25-17-26)20-4-2-18(3-5-20)19-10-12-24-13-11-19/h2-15,17,27H,16H2,1H3. The van der Waals surface area contributed by atoms with Crippen LogP contribution in [0.1, 0.15) is 11.1 Å². The Morgan fingerprint density at radius 1 is 0.821 bits per heavy atom. The van der Waals surface area contributed by atoms with Gasteiger partial charge < -0.3 is 14.4 Å². The average Bonchev–Trinajstić information content (AvgIpc) is 3.27. The van der Waals surface area contributed by atoms with Gasteiger partial charge in [0.05, 0.1) is 20.0 Å². The van der Waals surface area contributed by atoms with Crippen molar-refractivity contribution < 1.29 is 9.84 Å². The van der Waals surface area contributed by atoms with Crippen molar-refractivity contribution >= 4 is 0 Å². The third-order valence-corrected chi connectivity index (χ3v) is 4.91. The van der Waals surface area contributed by atoms with Gasteiger partial charge in [0.15, 0.2) is 0 Å². The van der Waals surface area contributed by atoms with Crippen molar-refractivity contribution in [2.45, 2.75) is 12.1 Å². The fourth-order valence-corrected chi connectivity index (χ4v) is 3.34. The van der Waals surface area contributed by atoms with Crippen molar-refractivity contribution in [1.29, 1.82) is 0 Å². The van der Waals surface area contributed by atoms with Crippen molar-refractivity contribution in [3.05, 3.63) is 103 Å². The fourth-order valence-electron chi connectivity index (χ4n) is 3.34. The van der Waals surface area contributed by atoms with Crippen LogP contribution in [-0.4, -0.2) is 26.8 Å². The van der Waals surface area contributed by atoms with E-state index in [9.17, 15) is 5.11 Å². The molecule has 28 heavy (non-hydrogen) atoms. The number of aromatic nitrogens is 3. The molecule has 0 aliphatic rings. The lowest BCUT2D eigenvalue weighted by molar-refractivity contribution is 0.0611. The Labute approximate surface area is 163 Å². The minimum Gasteiger partial charge on any atom is -0.497 e. The van der Waals surface area contributed by atoms with E-state index in [2.05, 4.69) is 9.97 Å². The summed E-state index contributed by atoms with van der Waals surface area (Å²) < 4.78 is 7.13. The van der Waals surface area contributed by atoms with Gasteiger partial charge in [-0.05, 0) is 46.5 Å². The number of hydrogen-bond acceptors (Lipinski definition) is 4. The number of pyridine rings is 1. The first-order valence-electron chi connectivity index (χ1n) is 9.03. The smallest absolute Gasteiger partial charge is 0.132 e.